The van der Waals surface area contributed by atoms with Gasteiger partial charge in [-0.05, 0) is 25.7 Å². The Morgan fingerprint density at radius 1 is 1.60 bits per heavy atom. The van der Waals surface area contributed by atoms with Gasteiger partial charge in [-0.25, -0.2) is 0 Å². The van der Waals surface area contributed by atoms with E-state index in [9.17, 15) is 0 Å². The number of anilines is 1. The van der Waals surface area contributed by atoms with Crippen molar-refractivity contribution in [2.45, 2.75) is 45.6 Å². The third kappa shape index (κ3) is 2.74. The second-order valence-corrected chi connectivity index (χ2v) is 4.72. The van der Waals surface area contributed by atoms with E-state index in [1.807, 2.05) is 11.7 Å². The normalized spacial score (nSPS) is 17.8. The molecule has 0 spiro atoms. The summed E-state index contributed by atoms with van der Waals surface area (Å²) in [4.78, 5) is 0. The Hall–Kier alpha value is -0.990. The number of aryl methyl sites for hydroxylation is 2. The van der Waals surface area contributed by atoms with Crippen molar-refractivity contribution in [2.75, 3.05) is 5.32 Å². The van der Waals surface area contributed by atoms with Gasteiger partial charge in [0.05, 0.1) is 5.69 Å². The van der Waals surface area contributed by atoms with Gasteiger partial charge in [0.15, 0.2) is 0 Å². The molecule has 1 aliphatic carbocycles. The third-order valence-electron chi connectivity index (χ3n) is 3.07. The first-order valence-electron chi connectivity index (χ1n) is 5.98. The maximum atomic E-state index is 4.43. The number of hydrogen-bond donors (Lipinski definition) is 1. The molecule has 0 radical (unpaired) electrons. The van der Waals surface area contributed by atoms with E-state index in [0.29, 0.717) is 6.04 Å². The van der Waals surface area contributed by atoms with Gasteiger partial charge < -0.3 is 5.32 Å². The molecule has 15 heavy (non-hydrogen) atoms. The summed E-state index contributed by atoms with van der Waals surface area (Å²) in [5, 5.41) is 7.97. The molecule has 84 valence electrons. The third-order valence-corrected chi connectivity index (χ3v) is 3.07. The molecule has 1 aromatic rings. The summed E-state index contributed by atoms with van der Waals surface area (Å²) in [7, 11) is 2.01. The zero-order valence-corrected chi connectivity index (χ0v) is 9.95. The summed E-state index contributed by atoms with van der Waals surface area (Å²) in [6, 6.07) is 2.72. The minimum absolute atomic E-state index is 0.567. The van der Waals surface area contributed by atoms with Crippen molar-refractivity contribution < 1.29 is 0 Å². The largest absolute Gasteiger partial charge is 0.368 e. The van der Waals surface area contributed by atoms with Crippen molar-refractivity contribution in [3.63, 3.8) is 0 Å². The second-order valence-electron chi connectivity index (χ2n) is 4.72. The highest BCUT2D eigenvalue weighted by atomic mass is 15.3. The summed E-state index contributed by atoms with van der Waals surface area (Å²) >= 11 is 0. The second kappa shape index (κ2) is 4.25. The molecule has 0 amide bonds. The molecule has 0 saturated heterocycles. The highest BCUT2D eigenvalue weighted by Gasteiger charge is 2.23. The molecule has 0 bridgehead atoms. The van der Waals surface area contributed by atoms with Gasteiger partial charge in [-0.1, -0.05) is 19.8 Å². The first kappa shape index (κ1) is 10.5. The molecule has 0 aromatic carbocycles. The molecule has 1 fully saturated rings. The first-order chi connectivity index (χ1) is 7.19. The average molecular weight is 207 g/mol. The molecule has 1 aromatic heterocycles. The Labute approximate surface area is 91.9 Å². The molecule has 1 aliphatic rings. The fraction of sp³-hybridized carbons (Fsp3) is 0.750. The zero-order valence-electron chi connectivity index (χ0n) is 9.95. The molecule has 0 aliphatic heterocycles. The Kier molecular flexibility index (Phi) is 2.98. The fourth-order valence-corrected chi connectivity index (χ4v) is 2.00. The summed E-state index contributed by atoms with van der Waals surface area (Å²) < 4.78 is 1.95. The van der Waals surface area contributed by atoms with Crippen molar-refractivity contribution in [3.05, 3.63) is 11.8 Å². The van der Waals surface area contributed by atoms with Crippen LogP contribution >= 0.6 is 0 Å². The SMILES string of the molecule is CCc1cc(NC(C)CC2CC2)n(C)n1. The maximum Gasteiger partial charge on any atom is 0.124 e. The summed E-state index contributed by atoms with van der Waals surface area (Å²) in [6.45, 7) is 4.40. The lowest BCUT2D eigenvalue weighted by Crippen LogP contribution is -2.17. The van der Waals surface area contributed by atoms with Gasteiger partial charge in [-0.15, -0.1) is 0 Å². The minimum atomic E-state index is 0.567. The van der Waals surface area contributed by atoms with Gasteiger partial charge in [0.25, 0.3) is 0 Å². The Morgan fingerprint density at radius 2 is 2.33 bits per heavy atom. The number of hydrogen-bond acceptors (Lipinski definition) is 2. The predicted molar refractivity (Wildman–Crippen MR) is 63.0 cm³/mol. The molecule has 1 saturated carbocycles. The standard InChI is InChI=1S/C12H21N3/c1-4-11-8-12(15(3)14-11)13-9(2)7-10-5-6-10/h8-10,13H,4-7H2,1-3H3. The van der Waals surface area contributed by atoms with Crippen molar-refractivity contribution in [3.8, 4) is 0 Å². The van der Waals surface area contributed by atoms with Crippen LogP contribution in [0.4, 0.5) is 5.82 Å². The van der Waals surface area contributed by atoms with Gasteiger partial charge in [-0.2, -0.15) is 5.10 Å². The van der Waals surface area contributed by atoms with Crippen molar-refractivity contribution in [1.82, 2.24) is 9.78 Å². The number of rotatable bonds is 5. The number of nitrogens with one attached hydrogen (secondary N) is 1. The monoisotopic (exact) mass is 207 g/mol. The number of nitrogens with zero attached hydrogens (tertiary/aromatic N) is 2. The molecule has 3 nitrogen and oxygen atoms in total. The zero-order chi connectivity index (χ0) is 10.8. The van der Waals surface area contributed by atoms with E-state index in [4.69, 9.17) is 0 Å². The Bertz CT molecular complexity index is 326. The van der Waals surface area contributed by atoms with Crippen LogP contribution in [0.5, 0.6) is 0 Å². The lowest BCUT2D eigenvalue weighted by Gasteiger charge is -2.14. The Morgan fingerprint density at radius 3 is 2.87 bits per heavy atom. The van der Waals surface area contributed by atoms with Crippen LogP contribution in [-0.2, 0) is 13.5 Å². The van der Waals surface area contributed by atoms with Gasteiger partial charge in [-0.3, -0.25) is 4.68 Å². The molecule has 1 atom stereocenters. The van der Waals surface area contributed by atoms with Crippen molar-refractivity contribution >= 4 is 5.82 Å². The van der Waals surface area contributed by atoms with E-state index in [2.05, 4.69) is 30.3 Å². The lowest BCUT2D eigenvalue weighted by atomic mass is 10.1. The molecule has 3 heteroatoms. The van der Waals surface area contributed by atoms with Gasteiger partial charge in [0.2, 0.25) is 0 Å². The molecular weight excluding hydrogens is 186 g/mol. The van der Waals surface area contributed by atoms with Gasteiger partial charge >= 0.3 is 0 Å². The first-order valence-corrected chi connectivity index (χ1v) is 5.98. The van der Waals surface area contributed by atoms with Crippen molar-refractivity contribution in [1.29, 1.82) is 0 Å². The number of aromatic nitrogens is 2. The van der Waals surface area contributed by atoms with E-state index in [0.717, 1.165) is 18.2 Å². The highest BCUT2D eigenvalue weighted by Crippen LogP contribution is 2.34. The van der Waals surface area contributed by atoms with E-state index < -0.39 is 0 Å². The molecule has 1 heterocycles. The van der Waals surface area contributed by atoms with E-state index in [-0.39, 0.29) is 0 Å². The maximum absolute atomic E-state index is 4.43. The van der Waals surface area contributed by atoms with Crippen molar-refractivity contribution in [2.24, 2.45) is 13.0 Å². The van der Waals surface area contributed by atoms with Crippen LogP contribution < -0.4 is 5.32 Å². The lowest BCUT2D eigenvalue weighted by molar-refractivity contribution is 0.630. The molecule has 1 unspecified atom stereocenters. The van der Waals surface area contributed by atoms with Crippen LogP contribution in [0.2, 0.25) is 0 Å². The van der Waals surface area contributed by atoms with Crippen LogP contribution in [0.25, 0.3) is 0 Å². The van der Waals surface area contributed by atoms with Crippen LogP contribution in [0.1, 0.15) is 38.8 Å². The average Bonchev–Trinajstić information content (AvgIpc) is 2.92. The van der Waals surface area contributed by atoms with Crippen LogP contribution in [0.3, 0.4) is 0 Å². The smallest absolute Gasteiger partial charge is 0.124 e. The minimum Gasteiger partial charge on any atom is -0.368 e. The van der Waals surface area contributed by atoms with E-state index in [1.54, 1.807) is 0 Å². The van der Waals surface area contributed by atoms with Crippen LogP contribution in [0.15, 0.2) is 6.07 Å². The fourth-order valence-electron chi connectivity index (χ4n) is 2.00. The summed E-state index contributed by atoms with van der Waals surface area (Å²) in [5.41, 5.74) is 1.17. The molecule has 1 N–H and O–H groups in total. The predicted octanol–water partition coefficient (Wildman–Crippen LogP) is 2.58. The topological polar surface area (TPSA) is 29.9 Å². The van der Waals surface area contributed by atoms with Crippen LogP contribution in [-0.4, -0.2) is 15.8 Å². The molecule has 2 rings (SSSR count). The summed E-state index contributed by atoms with van der Waals surface area (Å²) in [6.07, 6.45) is 5.16. The van der Waals surface area contributed by atoms with Crippen LogP contribution in [0, 0.1) is 5.92 Å². The van der Waals surface area contributed by atoms with E-state index >= 15 is 0 Å². The van der Waals surface area contributed by atoms with Gasteiger partial charge in [0.1, 0.15) is 5.82 Å². The van der Waals surface area contributed by atoms with E-state index in [1.165, 1.54) is 25.0 Å². The quantitative estimate of drug-likeness (QED) is 0.804. The summed E-state index contributed by atoms with van der Waals surface area (Å²) in [5.74, 6) is 2.13. The van der Waals surface area contributed by atoms with Gasteiger partial charge in [0, 0.05) is 19.2 Å². The highest BCUT2D eigenvalue weighted by molar-refractivity contribution is 5.37. The Balaban J connectivity index is 1.92. The molecular formula is C12H21N3.